The maximum Gasteiger partial charge on any atom is 0.261 e. The Labute approximate surface area is 121 Å². The van der Waals surface area contributed by atoms with Crippen molar-refractivity contribution < 1.29 is 13.2 Å². The van der Waals surface area contributed by atoms with E-state index in [2.05, 4.69) is 10.3 Å². The van der Waals surface area contributed by atoms with Gasteiger partial charge in [-0.25, -0.2) is 8.42 Å². The minimum atomic E-state index is -3.27. The second-order valence-corrected chi connectivity index (χ2v) is 6.58. The Balaban J connectivity index is 2.20. The molecular formula is C14H14N2O4S. The first-order chi connectivity index (χ1) is 9.94. The quantitative estimate of drug-likeness (QED) is 0.893. The van der Waals surface area contributed by atoms with Crippen LogP contribution in [0, 0.1) is 0 Å². The molecule has 1 aromatic heterocycles. The van der Waals surface area contributed by atoms with Crippen LogP contribution in [0.25, 0.3) is 0 Å². The van der Waals surface area contributed by atoms with Gasteiger partial charge in [0.05, 0.1) is 10.6 Å². The molecule has 2 aromatic rings. The largest absolute Gasteiger partial charge is 0.367 e. The number of rotatable bonds is 4. The fourth-order valence-corrected chi connectivity index (χ4v) is 2.59. The molecule has 0 fully saturated rings. The number of anilines is 1. The first-order valence-corrected chi connectivity index (χ1v) is 7.90. The monoisotopic (exact) mass is 306 g/mol. The topological polar surface area (TPSA) is 96.1 Å². The van der Waals surface area contributed by atoms with Crippen molar-refractivity contribution in [3.8, 4) is 0 Å². The van der Waals surface area contributed by atoms with Gasteiger partial charge in [-0.2, -0.15) is 0 Å². The molecular weight excluding hydrogens is 292 g/mol. The van der Waals surface area contributed by atoms with Gasteiger partial charge >= 0.3 is 0 Å². The van der Waals surface area contributed by atoms with Gasteiger partial charge in [-0.15, -0.1) is 0 Å². The van der Waals surface area contributed by atoms with Crippen LogP contribution in [0.2, 0.25) is 0 Å². The number of H-pyrrole nitrogens is 1. The predicted octanol–water partition coefficient (Wildman–Crippen LogP) is 1.42. The number of hydrogen-bond acceptors (Lipinski definition) is 4. The van der Waals surface area contributed by atoms with Crippen LogP contribution in [0.4, 0.5) is 5.69 Å². The van der Waals surface area contributed by atoms with Crippen LogP contribution in [0.1, 0.15) is 17.3 Å². The zero-order chi connectivity index (χ0) is 15.5. The summed E-state index contributed by atoms with van der Waals surface area (Å²) in [6, 6.07) is 7.06. The third kappa shape index (κ3) is 3.38. The Hall–Kier alpha value is -2.41. The molecule has 6 nitrogen and oxygen atoms in total. The number of aromatic nitrogens is 1. The SMILES string of the molecule is CCS(=O)(=O)c1ccc(NC(=O)c2c[nH]ccc2=O)cc1. The van der Waals surface area contributed by atoms with Crippen molar-refractivity contribution in [3.05, 3.63) is 58.5 Å². The maximum atomic E-state index is 11.9. The molecule has 2 rings (SSSR count). The van der Waals surface area contributed by atoms with Gasteiger partial charge in [0.1, 0.15) is 5.56 Å². The van der Waals surface area contributed by atoms with E-state index in [4.69, 9.17) is 0 Å². The Bertz CT molecular complexity index is 807. The molecule has 0 aliphatic rings. The van der Waals surface area contributed by atoms with Gasteiger partial charge in [-0.3, -0.25) is 9.59 Å². The Morgan fingerprint density at radius 3 is 2.43 bits per heavy atom. The van der Waals surface area contributed by atoms with E-state index >= 15 is 0 Å². The van der Waals surface area contributed by atoms with Gasteiger partial charge in [-0.05, 0) is 24.3 Å². The van der Waals surface area contributed by atoms with E-state index in [0.29, 0.717) is 5.69 Å². The smallest absolute Gasteiger partial charge is 0.261 e. The Kier molecular flexibility index (Phi) is 4.23. The van der Waals surface area contributed by atoms with E-state index in [0.717, 1.165) is 0 Å². The number of hydrogen-bond donors (Lipinski definition) is 2. The van der Waals surface area contributed by atoms with E-state index in [1.54, 1.807) is 6.92 Å². The minimum Gasteiger partial charge on any atom is -0.367 e. The van der Waals surface area contributed by atoms with Crippen molar-refractivity contribution in [1.29, 1.82) is 0 Å². The maximum absolute atomic E-state index is 11.9. The highest BCUT2D eigenvalue weighted by Gasteiger charge is 2.13. The number of benzene rings is 1. The second-order valence-electron chi connectivity index (χ2n) is 4.30. The van der Waals surface area contributed by atoms with E-state index in [-0.39, 0.29) is 16.2 Å². The number of pyridine rings is 1. The molecule has 0 atom stereocenters. The first-order valence-electron chi connectivity index (χ1n) is 6.25. The van der Waals surface area contributed by atoms with Crippen LogP contribution in [0.15, 0.2) is 52.4 Å². The zero-order valence-corrected chi connectivity index (χ0v) is 12.1. The summed E-state index contributed by atoms with van der Waals surface area (Å²) in [5.74, 6) is -0.541. The molecule has 0 bridgehead atoms. The molecule has 0 aliphatic heterocycles. The summed E-state index contributed by atoms with van der Waals surface area (Å²) < 4.78 is 23.3. The van der Waals surface area contributed by atoms with Gasteiger partial charge in [0.15, 0.2) is 15.3 Å². The van der Waals surface area contributed by atoms with Crippen LogP contribution in [-0.4, -0.2) is 25.1 Å². The summed E-state index contributed by atoms with van der Waals surface area (Å²) in [4.78, 5) is 26.3. The number of sulfone groups is 1. The minimum absolute atomic E-state index is 0.0113. The highest BCUT2D eigenvalue weighted by atomic mass is 32.2. The van der Waals surface area contributed by atoms with Crippen molar-refractivity contribution in [3.63, 3.8) is 0 Å². The third-order valence-electron chi connectivity index (χ3n) is 2.92. The molecule has 0 aliphatic carbocycles. The average Bonchev–Trinajstić information content (AvgIpc) is 2.48. The highest BCUT2D eigenvalue weighted by Crippen LogP contribution is 2.15. The highest BCUT2D eigenvalue weighted by molar-refractivity contribution is 7.91. The van der Waals surface area contributed by atoms with Crippen molar-refractivity contribution in [2.45, 2.75) is 11.8 Å². The van der Waals surface area contributed by atoms with Crippen molar-refractivity contribution in [2.75, 3.05) is 11.1 Å². The molecule has 1 aromatic carbocycles. The molecule has 0 saturated carbocycles. The van der Waals surface area contributed by atoms with Gasteiger partial charge < -0.3 is 10.3 Å². The number of nitrogens with one attached hydrogen (secondary N) is 2. The van der Waals surface area contributed by atoms with Gasteiger partial charge in [0, 0.05) is 24.1 Å². The van der Waals surface area contributed by atoms with Crippen LogP contribution < -0.4 is 10.7 Å². The standard InChI is InChI=1S/C14H14N2O4S/c1-2-21(19,20)11-5-3-10(4-6-11)16-14(18)12-9-15-8-7-13(12)17/h3-9H,2H2,1H3,(H,15,17)(H,16,18). The lowest BCUT2D eigenvalue weighted by Crippen LogP contribution is -2.20. The molecule has 7 heteroatoms. The number of aromatic amines is 1. The van der Waals surface area contributed by atoms with Gasteiger partial charge in [-0.1, -0.05) is 6.92 Å². The number of amides is 1. The van der Waals surface area contributed by atoms with Crippen LogP contribution in [0.5, 0.6) is 0 Å². The summed E-state index contributed by atoms with van der Waals surface area (Å²) in [5, 5.41) is 2.54. The van der Waals surface area contributed by atoms with E-state index in [9.17, 15) is 18.0 Å². The lowest BCUT2D eigenvalue weighted by atomic mass is 10.2. The van der Waals surface area contributed by atoms with E-state index < -0.39 is 21.2 Å². The molecule has 0 unspecified atom stereocenters. The van der Waals surface area contributed by atoms with Crippen molar-refractivity contribution in [2.24, 2.45) is 0 Å². The summed E-state index contributed by atoms with van der Waals surface area (Å²) in [6.07, 6.45) is 2.75. The normalized spacial score (nSPS) is 11.1. The Morgan fingerprint density at radius 1 is 1.19 bits per heavy atom. The molecule has 110 valence electrons. The van der Waals surface area contributed by atoms with Gasteiger partial charge in [0.2, 0.25) is 0 Å². The van der Waals surface area contributed by atoms with Crippen molar-refractivity contribution >= 4 is 21.4 Å². The fourth-order valence-electron chi connectivity index (χ4n) is 1.70. The van der Waals surface area contributed by atoms with Crippen LogP contribution in [0.3, 0.4) is 0 Å². The molecule has 2 N–H and O–H groups in total. The Morgan fingerprint density at radius 2 is 1.86 bits per heavy atom. The second kappa shape index (κ2) is 5.92. The molecule has 1 heterocycles. The van der Waals surface area contributed by atoms with E-state index in [1.807, 2.05) is 0 Å². The summed E-state index contributed by atoms with van der Waals surface area (Å²) in [5.41, 5.74) is 0.0116. The van der Waals surface area contributed by atoms with Crippen LogP contribution >= 0.6 is 0 Å². The summed E-state index contributed by atoms with van der Waals surface area (Å²) in [6.45, 7) is 1.56. The third-order valence-corrected chi connectivity index (χ3v) is 4.67. The fraction of sp³-hybridized carbons (Fsp3) is 0.143. The van der Waals surface area contributed by atoms with Gasteiger partial charge in [0.25, 0.3) is 5.91 Å². The summed E-state index contributed by atoms with van der Waals surface area (Å²) in [7, 11) is -3.27. The zero-order valence-electron chi connectivity index (χ0n) is 11.3. The predicted molar refractivity (Wildman–Crippen MR) is 79.2 cm³/mol. The molecule has 1 amide bonds. The number of carbonyl (C=O) groups is 1. The molecule has 21 heavy (non-hydrogen) atoms. The summed E-state index contributed by atoms with van der Waals surface area (Å²) >= 11 is 0. The lowest BCUT2D eigenvalue weighted by Gasteiger charge is -2.06. The van der Waals surface area contributed by atoms with E-state index in [1.165, 1.54) is 42.7 Å². The average molecular weight is 306 g/mol. The molecule has 0 spiro atoms. The molecule has 0 saturated heterocycles. The van der Waals surface area contributed by atoms with Crippen molar-refractivity contribution in [1.82, 2.24) is 4.98 Å². The lowest BCUT2D eigenvalue weighted by molar-refractivity contribution is 0.102. The van der Waals surface area contributed by atoms with Crippen LogP contribution in [-0.2, 0) is 9.84 Å². The first kappa shape index (κ1) is 15.0. The molecule has 0 radical (unpaired) electrons. The number of carbonyl (C=O) groups excluding carboxylic acids is 1.